The monoisotopic (exact) mass is 556 g/mol. The Kier molecular flexibility index (Phi) is 6.95. The molecule has 3 aromatic rings. The normalized spacial score (nSPS) is 16.0. The topological polar surface area (TPSA) is 50.7 Å². The van der Waals surface area contributed by atoms with E-state index in [9.17, 15) is 4.79 Å². The Labute approximate surface area is 202 Å². The molecule has 0 saturated carbocycles. The second-order valence-corrected chi connectivity index (χ2v) is 9.70. The van der Waals surface area contributed by atoms with Gasteiger partial charge in [0.1, 0.15) is 12.4 Å². The standard InChI is InChI=1S/C24H18Br2N2O2S/c1-15-6-5-9-19(10-15)27-24-28-23(29)21(31-24)12-17-11-18(25)13-20(26)22(17)30-14-16-7-3-2-4-8-16/h2-13H,14H2,1H3,(H,27,28,29)/b21-12-. The summed E-state index contributed by atoms with van der Waals surface area (Å²) in [5, 5.41) is 3.40. The summed E-state index contributed by atoms with van der Waals surface area (Å²) in [4.78, 5) is 17.7. The quantitative estimate of drug-likeness (QED) is 0.344. The van der Waals surface area contributed by atoms with Crippen LogP contribution in [-0.4, -0.2) is 11.1 Å². The van der Waals surface area contributed by atoms with Crippen molar-refractivity contribution in [2.75, 3.05) is 0 Å². The van der Waals surface area contributed by atoms with Gasteiger partial charge in [-0.15, -0.1) is 0 Å². The molecule has 4 nitrogen and oxygen atoms in total. The van der Waals surface area contributed by atoms with E-state index in [0.717, 1.165) is 31.3 Å². The van der Waals surface area contributed by atoms with Gasteiger partial charge in [-0.1, -0.05) is 58.4 Å². The molecule has 3 aromatic carbocycles. The van der Waals surface area contributed by atoms with Crippen LogP contribution in [0.2, 0.25) is 0 Å². The third kappa shape index (κ3) is 5.67. The second kappa shape index (κ2) is 9.85. The third-order valence-electron chi connectivity index (χ3n) is 4.43. The summed E-state index contributed by atoms with van der Waals surface area (Å²) in [5.41, 5.74) is 3.79. The lowest BCUT2D eigenvalue weighted by Crippen LogP contribution is -2.19. The van der Waals surface area contributed by atoms with Crippen molar-refractivity contribution in [3.8, 4) is 5.75 Å². The first-order chi connectivity index (χ1) is 15.0. The van der Waals surface area contributed by atoms with Gasteiger partial charge in [-0.05, 0) is 76.1 Å². The summed E-state index contributed by atoms with van der Waals surface area (Å²) in [6, 6.07) is 21.7. The van der Waals surface area contributed by atoms with Gasteiger partial charge in [0.2, 0.25) is 0 Å². The van der Waals surface area contributed by atoms with Crippen LogP contribution in [-0.2, 0) is 11.4 Å². The lowest BCUT2D eigenvalue weighted by molar-refractivity contribution is -0.115. The van der Waals surface area contributed by atoms with Gasteiger partial charge < -0.3 is 10.1 Å². The van der Waals surface area contributed by atoms with Crippen molar-refractivity contribution in [1.29, 1.82) is 0 Å². The minimum absolute atomic E-state index is 0.179. The van der Waals surface area contributed by atoms with Crippen LogP contribution in [0.3, 0.4) is 0 Å². The first kappa shape index (κ1) is 21.9. The fraction of sp³-hybridized carbons (Fsp3) is 0.0833. The van der Waals surface area contributed by atoms with Crippen LogP contribution >= 0.6 is 43.6 Å². The van der Waals surface area contributed by atoms with Crippen LogP contribution in [0.4, 0.5) is 5.69 Å². The molecule has 0 spiro atoms. The number of nitrogens with one attached hydrogen (secondary N) is 1. The zero-order chi connectivity index (χ0) is 21.8. The van der Waals surface area contributed by atoms with Crippen molar-refractivity contribution in [3.63, 3.8) is 0 Å². The average Bonchev–Trinajstić information content (AvgIpc) is 3.06. The molecule has 1 aliphatic rings. The predicted molar refractivity (Wildman–Crippen MR) is 135 cm³/mol. The maximum Gasteiger partial charge on any atom is 0.264 e. The van der Waals surface area contributed by atoms with E-state index in [0.29, 0.717) is 22.4 Å². The van der Waals surface area contributed by atoms with E-state index in [2.05, 4.69) is 42.2 Å². The lowest BCUT2D eigenvalue weighted by Gasteiger charge is -2.12. The van der Waals surface area contributed by atoms with Crippen LogP contribution in [0, 0.1) is 6.92 Å². The van der Waals surface area contributed by atoms with Crippen molar-refractivity contribution in [3.05, 3.63) is 97.3 Å². The molecule has 1 aliphatic heterocycles. The number of aryl methyl sites for hydroxylation is 1. The Morgan fingerprint density at radius 1 is 1.06 bits per heavy atom. The van der Waals surface area contributed by atoms with Crippen molar-refractivity contribution in [1.82, 2.24) is 5.32 Å². The Morgan fingerprint density at radius 2 is 1.87 bits per heavy atom. The van der Waals surface area contributed by atoms with E-state index in [-0.39, 0.29) is 5.91 Å². The lowest BCUT2D eigenvalue weighted by atomic mass is 10.1. The first-order valence-corrected chi connectivity index (χ1v) is 11.9. The van der Waals surface area contributed by atoms with Crippen LogP contribution in [0.25, 0.3) is 6.08 Å². The maximum absolute atomic E-state index is 12.6. The number of benzene rings is 3. The highest BCUT2D eigenvalue weighted by molar-refractivity contribution is 9.11. The zero-order valence-electron chi connectivity index (χ0n) is 16.6. The summed E-state index contributed by atoms with van der Waals surface area (Å²) in [6.07, 6.45) is 1.83. The number of amides is 1. The van der Waals surface area contributed by atoms with Crippen LogP contribution < -0.4 is 10.1 Å². The Bertz CT molecular complexity index is 1190. The molecule has 1 heterocycles. The van der Waals surface area contributed by atoms with Gasteiger partial charge in [0.15, 0.2) is 5.17 Å². The van der Waals surface area contributed by atoms with Gasteiger partial charge in [0.05, 0.1) is 15.1 Å². The SMILES string of the molecule is Cc1cccc(N=C2NC(=O)/C(=C/c3cc(Br)cc(Br)c3OCc3ccccc3)S2)c1. The number of amidine groups is 1. The number of carbonyl (C=O) groups is 1. The van der Waals surface area contributed by atoms with E-state index in [4.69, 9.17) is 4.74 Å². The molecule has 7 heteroatoms. The molecule has 1 fully saturated rings. The molecule has 0 bridgehead atoms. The molecular weight excluding hydrogens is 540 g/mol. The second-order valence-electron chi connectivity index (χ2n) is 6.90. The summed E-state index contributed by atoms with van der Waals surface area (Å²) < 4.78 is 7.80. The summed E-state index contributed by atoms with van der Waals surface area (Å²) in [6.45, 7) is 2.44. The fourth-order valence-corrected chi connectivity index (χ4v) is 5.21. The zero-order valence-corrected chi connectivity index (χ0v) is 20.6. The highest BCUT2D eigenvalue weighted by Crippen LogP contribution is 2.37. The van der Waals surface area contributed by atoms with E-state index >= 15 is 0 Å². The van der Waals surface area contributed by atoms with Gasteiger partial charge in [-0.25, -0.2) is 4.99 Å². The Hall–Kier alpha value is -2.35. The Balaban J connectivity index is 1.61. The molecule has 0 atom stereocenters. The molecular formula is C24H18Br2N2O2S. The van der Waals surface area contributed by atoms with Crippen molar-refractivity contribution >= 4 is 66.5 Å². The Morgan fingerprint density at radius 3 is 2.65 bits per heavy atom. The molecule has 1 N–H and O–H groups in total. The molecule has 4 rings (SSSR count). The summed E-state index contributed by atoms with van der Waals surface area (Å²) in [7, 11) is 0. The minimum atomic E-state index is -0.179. The largest absolute Gasteiger partial charge is 0.487 e. The average molecular weight is 558 g/mol. The molecule has 0 radical (unpaired) electrons. The predicted octanol–water partition coefficient (Wildman–Crippen LogP) is 6.99. The highest BCUT2D eigenvalue weighted by Gasteiger charge is 2.24. The smallest absolute Gasteiger partial charge is 0.264 e. The minimum Gasteiger partial charge on any atom is -0.487 e. The third-order valence-corrected chi connectivity index (χ3v) is 6.39. The molecule has 1 saturated heterocycles. The number of hydrogen-bond acceptors (Lipinski definition) is 4. The molecule has 0 unspecified atom stereocenters. The summed E-state index contributed by atoms with van der Waals surface area (Å²) >= 11 is 8.42. The number of thioether (sulfide) groups is 1. The van der Waals surface area contributed by atoms with Crippen LogP contribution in [0.15, 0.2) is 85.6 Å². The number of aliphatic imine (C=N–C) groups is 1. The van der Waals surface area contributed by atoms with Gasteiger partial charge in [-0.3, -0.25) is 4.79 Å². The number of carbonyl (C=O) groups excluding carboxylic acids is 1. The van der Waals surface area contributed by atoms with Gasteiger partial charge in [0.25, 0.3) is 5.91 Å². The number of hydrogen-bond donors (Lipinski definition) is 1. The van der Waals surface area contributed by atoms with Crippen molar-refractivity contribution in [2.45, 2.75) is 13.5 Å². The highest BCUT2D eigenvalue weighted by atomic mass is 79.9. The van der Waals surface area contributed by atoms with Gasteiger partial charge in [-0.2, -0.15) is 0 Å². The summed E-state index contributed by atoms with van der Waals surface area (Å²) in [5.74, 6) is 0.499. The van der Waals surface area contributed by atoms with E-state index in [1.807, 2.05) is 79.7 Å². The molecule has 0 aromatic heterocycles. The van der Waals surface area contributed by atoms with E-state index < -0.39 is 0 Å². The maximum atomic E-state index is 12.6. The number of nitrogens with zero attached hydrogens (tertiary/aromatic N) is 1. The van der Waals surface area contributed by atoms with Crippen LogP contribution in [0.1, 0.15) is 16.7 Å². The van der Waals surface area contributed by atoms with Crippen molar-refractivity contribution < 1.29 is 9.53 Å². The van der Waals surface area contributed by atoms with Crippen LogP contribution in [0.5, 0.6) is 5.75 Å². The number of ether oxygens (including phenoxy) is 1. The number of rotatable bonds is 5. The van der Waals surface area contributed by atoms with Gasteiger partial charge in [0, 0.05) is 10.0 Å². The van der Waals surface area contributed by atoms with E-state index in [1.54, 1.807) is 0 Å². The van der Waals surface area contributed by atoms with Gasteiger partial charge >= 0.3 is 0 Å². The molecule has 1 amide bonds. The molecule has 31 heavy (non-hydrogen) atoms. The number of halogens is 2. The van der Waals surface area contributed by atoms with E-state index in [1.165, 1.54) is 11.8 Å². The molecule has 156 valence electrons. The van der Waals surface area contributed by atoms with Crippen molar-refractivity contribution in [2.24, 2.45) is 4.99 Å². The fourth-order valence-electron chi connectivity index (χ4n) is 3.01. The molecule has 0 aliphatic carbocycles. The first-order valence-electron chi connectivity index (χ1n) is 9.50.